The van der Waals surface area contributed by atoms with Gasteiger partial charge in [-0.1, -0.05) is 0 Å². The zero-order valence-electron chi connectivity index (χ0n) is 20.5. The van der Waals surface area contributed by atoms with Gasteiger partial charge in [-0.05, 0) is 58.7 Å². The lowest BCUT2D eigenvalue weighted by Crippen LogP contribution is -2.64. The van der Waals surface area contributed by atoms with E-state index in [9.17, 15) is 31.5 Å². The van der Waals surface area contributed by atoms with Crippen molar-refractivity contribution in [1.82, 2.24) is 15.1 Å². The lowest BCUT2D eigenvalue weighted by molar-refractivity contribution is -0.126. The number of rotatable bonds is 7. The van der Waals surface area contributed by atoms with Crippen molar-refractivity contribution in [2.45, 2.75) is 70.8 Å². The van der Waals surface area contributed by atoms with Crippen molar-refractivity contribution in [1.29, 1.82) is 0 Å². The smallest absolute Gasteiger partial charge is 0.387 e. The van der Waals surface area contributed by atoms with E-state index in [-0.39, 0.29) is 40.8 Å². The molecule has 36 heavy (non-hydrogen) atoms. The summed E-state index contributed by atoms with van der Waals surface area (Å²) in [4.78, 5) is 13.1. The number of aliphatic hydroxyl groups is 1. The molecular weight excluding hydrogens is 499 g/mol. The number of carbonyl (C=O) groups excluding carboxylic acids is 1. The van der Waals surface area contributed by atoms with E-state index < -0.39 is 45.4 Å². The van der Waals surface area contributed by atoms with Gasteiger partial charge in [-0.15, -0.1) is 0 Å². The maximum atomic E-state index is 14.9. The van der Waals surface area contributed by atoms with Gasteiger partial charge in [-0.2, -0.15) is 13.9 Å². The first kappa shape index (κ1) is 26.5. The third-order valence-electron chi connectivity index (χ3n) is 6.98. The first-order chi connectivity index (χ1) is 16.6. The van der Waals surface area contributed by atoms with E-state index in [1.54, 1.807) is 32.4 Å². The summed E-state index contributed by atoms with van der Waals surface area (Å²) in [5.41, 5.74) is -0.483. The molecule has 198 valence electrons. The molecule has 2 heterocycles. The number of halogens is 3. The molecule has 2 N–H and O–H groups in total. The molecule has 1 aliphatic carbocycles. The highest BCUT2D eigenvalue weighted by molar-refractivity contribution is 7.93. The summed E-state index contributed by atoms with van der Waals surface area (Å²) < 4.78 is 69.6. The molecule has 1 amide bonds. The molecule has 1 aromatic heterocycles. The van der Waals surface area contributed by atoms with E-state index in [1.807, 2.05) is 0 Å². The van der Waals surface area contributed by atoms with Crippen molar-refractivity contribution in [3.63, 3.8) is 0 Å². The van der Waals surface area contributed by atoms with E-state index in [2.05, 4.69) is 15.2 Å². The van der Waals surface area contributed by atoms with Gasteiger partial charge in [0.2, 0.25) is 5.91 Å². The Morgan fingerprint density at radius 3 is 2.58 bits per heavy atom. The quantitative estimate of drug-likeness (QED) is 0.571. The summed E-state index contributed by atoms with van der Waals surface area (Å²) in [5.74, 6) is -1.86. The zero-order chi connectivity index (χ0) is 26.6. The number of benzene rings is 1. The minimum absolute atomic E-state index is 0.0128. The van der Waals surface area contributed by atoms with Crippen LogP contribution in [-0.4, -0.2) is 58.5 Å². The standard InChI is InChI=1S/C24H30F3N3O5S/c1-13(23(2,3)32)30-19-9-14(21(31)28-24(4)11-36(33,34)12-24)5-7-16(19)20(29-30)17-10-15(35-22(26)27)6-8-18(17)25/h6,8,10,13-14,22,32H,5,7,9,11-12H2,1-4H3,(H,28,31)/t13-,14+/m0/s1. The molecule has 1 aromatic carbocycles. The van der Waals surface area contributed by atoms with Gasteiger partial charge < -0.3 is 15.2 Å². The summed E-state index contributed by atoms with van der Waals surface area (Å²) in [6, 6.07) is 2.75. The van der Waals surface area contributed by atoms with E-state index in [1.165, 1.54) is 6.07 Å². The second-order valence-electron chi connectivity index (χ2n) is 10.6. The number of carbonyl (C=O) groups is 1. The maximum absolute atomic E-state index is 14.9. The van der Waals surface area contributed by atoms with Crippen molar-refractivity contribution in [2.24, 2.45) is 5.92 Å². The van der Waals surface area contributed by atoms with Gasteiger partial charge in [0.15, 0.2) is 9.84 Å². The van der Waals surface area contributed by atoms with E-state index in [0.29, 0.717) is 24.1 Å². The van der Waals surface area contributed by atoms with Gasteiger partial charge >= 0.3 is 6.61 Å². The monoisotopic (exact) mass is 529 g/mol. The second-order valence-corrected chi connectivity index (χ2v) is 12.7. The average molecular weight is 530 g/mol. The SMILES string of the molecule is C[C@H](n1nc(-c2cc(OC(F)F)ccc2F)c2c1C[C@H](C(=O)NC1(C)CS(=O)(=O)C1)CC2)C(C)(C)O. The van der Waals surface area contributed by atoms with Crippen molar-refractivity contribution in [2.75, 3.05) is 11.5 Å². The summed E-state index contributed by atoms with van der Waals surface area (Å²) in [6.07, 6.45) is 1.01. The number of hydrogen-bond donors (Lipinski definition) is 2. The van der Waals surface area contributed by atoms with Crippen LogP contribution in [0.1, 0.15) is 51.4 Å². The van der Waals surface area contributed by atoms with Crippen LogP contribution in [0, 0.1) is 11.7 Å². The minimum atomic E-state index is -3.14. The summed E-state index contributed by atoms with van der Waals surface area (Å²) in [5, 5.41) is 18.1. The van der Waals surface area contributed by atoms with Crippen LogP contribution in [0.5, 0.6) is 5.75 Å². The Balaban J connectivity index is 1.70. The number of aromatic nitrogens is 2. The molecule has 1 saturated heterocycles. The minimum Gasteiger partial charge on any atom is -0.435 e. The Bertz CT molecular complexity index is 1270. The number of nitrogens with zero attached hydrogens (tertiary/aromatic N) is 2. The predicted molar refractivity (Wildman–Crippen MR) is 126 cm³/mol. The number of alkyl halides is 2. The molecule has 0 saturated carbocycles. The molecule has 4 rings (SSSR count). The number of hydrogen-bond acceptors (Lipinski definition) is 6. The molecule has 1 fully saturated rings. The third kappa shape index (κ3) is 5.24. The fourth-order valence-electron chi connectivity index (χ4n) is 4.96. The Hall–Kier alpha value is -2.60. The molecule has 1 aliphatic heterocycles. The van der Waals surface area contributed by atoms with Crippen LogP contribution < -0.4 is 10.1 Å². The Morgan fingerprint density at radius 2 is 2.00 bits per heavy atom. The normalized spacial score (nSPS) is 21.4. The van der Waals surface area contributed by atoms with Crippen molar-refractivity contribution in [3.05, 3.63) is 35.3 Å². The molecule has 0 unspecified atom stereocenters. The highest BCUT2D eigenvalue weighted by atomic mass is 32.2. The summed E-state index contributed by atoms with van der Waals surface area (Å²) in [7, 11) is -3.14. The molecule has 2 atom stereocenters. The second kappa shape index (κ2) is 9.05. The van der Waals surface area contributed by atoms with Gasteiger partial charge in [0.25, 0.3) is 0 Å². The summed E-state index contributed by atoms with van der Waals surface area (Å²) >= 11 is 0. The molecule has 12 heteroatoms. The maximum Gasteiger partial charge on any atom is 0.387 e. The first-order valence-electron chi connectivity index (χ1n) is 11.7. The molecule has 2 aromatic rings. The lowest BCUT2D eigenvalue weighted by atomic mass is 9.84. The fourth-order valence-corrected chi connectivity index (χ4v) is 6.96. The van der Waals surface area contributed by atoms with Crippen LogP contribution in [0.4, 0.5) is 13.2 Å². The van der Waals surface area contributed by atoms with E-state index in [4.69, 9.17) is 0 Å². The van der Waals surface area contributed by atoms with Gasteiger partial charge in [0.05, 0.1) is 34.4 Å². The van der Waals surface area contributed by atoms with Crippen molar-refractivity contribution >= 4 is 15.7 Å². The van der Waals surface area contributed by atoms with E-state index >= 15 is 0 Å². The predicted octanol–water partition coefficient (Wildman–Crippen LogP) is 3.03. The fraction of sp³-hybridized carbons (Fsp3) is 0.583. The molecule has 8 nitrogen and oxygen atoms in total. The number of sulfone groups is 1. The van der Waals surface area contributed by atoms with Crippen LogP contribution in [-0.2, 0) is 27.5 Å². The third-order valence-corrected chi connectivity index (χ3v) is 9.14. The average Bonchev–Trinajstić information content (AvgIpc) is 3.10. The molecule has 2 aliphatic rings. The topological polar surface area (TPSA) is 111 Å². The molecule has 0 spiro atoms. The van der Waals surface area contributed by atoms with Crippen molar-refractivity contribution < 1.29 is 36.2 Å². The Morgan fingerprint density at radius 1 is 1.33 bits per heavy atom. The largest absolute Gasteiger partial charge is 0.435 e. The zero-order valence-corrected chi connectivity index (χ0v) is 21.3. The molecular formula is C24H30F3N3O5S. The van der Waals surface area contributed by atoms with Crippen molar-refractivity contribution in [3.8, 4) is 17.0 Å². The highest BCUT2D eigenvalue weighted by Crippen LogP contribution is 2.39. The van der Waals surface area contributed by atoms with Gasteiger partial charge in [-0.25, -0.2) is 12.8 Å². The van der Waals surface area contributed by atoms with Crippen LogP contribution in [0.3, 0.4) is 0 Å². The number of nitrogens with one attached hydrogen (secondary N) is 1. The number of ether oxygens (including phenoxy) is 1. The van der Waals surface area contributed by atoms with Gasteiger partial charge in [0, 0.05) is 29.2 Å². The Kier molecular flexibility index (Phi) is 6.66. The van der Waals surface area contributed by atoms with Gasteiger partial charge in [0.1, 0.15) is 11.6 Å². The Labute approximate surface area is 207 Å². The lowest BCUT2D eigenvalue weighted by Gasteiger charge is -2.39. The first-order valence-corrected chi connectivity index (χ1v) is 13.5. The molecule has 0 bridgehead atoms. The van der Waals surface area contributed by atoms with Crippen LogP contribution in [0.25, 0.3) is 11.3 Å². The van der Waals surface area contributed by atoms with Crippen LogP contribution in [0.15, 0.2) is 18.2 Å². The summed E-state index contributed by atoms with van der Waals surface area (Å²) in [6.45, 7) is 3.57. The van der Waals surface area contributed by atoms with Gasteiger partial charge in [-0.3, -0.25) is 9.48 Å². The van der Waals surface area contributed by atoms with Crippen LogP contribution in [0.2, 0.25) is 0 Å². The van der Waals surface area contributed by atoms with Crippen LogP contribution >= 0.6 is 0 Å². The number of amides is 1. The number of fused-ring (bicyclic) bond motifs is 1. The highest BCUT2D eigenvalue weighted by Gasteiger charge is 2.47. The molecule has 0 radical (unpaired) electrons. The van der Waals surface area contributed by atoms with E-state index in [0.717, 1.165) is 12.1 Å².